The fraction of sp³-hybridized carbons (Fsp3) is 0.226. The van der Waals surface area contributed by atoms with Gasteiger partial charge >= 0.3 is 11.9 Å². The zero-order chi connectivity index (χ0) is 25.9. The maximum atomic E-state index is 13.8. The monoisotopic (exact) mass is 496 g/mol. The first kappa shape index (κ1) is 24.4. The lowest BCUT2D eigenvalue weighted by molar-refractivity contribution is -0.165. The van der Waals surface area contributed by atoms with Crippen molar-refractivity contribution in [1.82, 2.24) is 0 Å². The Kier molecular flexibility index (Phi) is 6.82. The van der Waals surface area contributed by atoms with E-state index in [1.165, 1.54) is 0 Å². The van der Waals surface area contributed by atoms with Gasteiger partial charge in [0.25, 0.3) is 0 Å². The summed E-state index contributed by atoms with van der Waals surface area (Å²) in [6, 6.07) is 28.3. The van der Waals surface area contributed by atoms with Crippen molar-refractivity contribution >= 4 is 22.7 Å². The van der Waals surface area contributed by atoms with Crippen molar-refractivity contribution in [3.8, 4) is 11.5 Å². The maximum Gasteiger partial charge on any atom is 0.310 e. The SMILES string of the molecule is COc1ccccc1C1C(C(=O)O)[C@H](c2ccccc2OC)C1C(=O)OCc1cccc2ccccc12. The van der Waals surface area contributed by atoms with Crippen molar-refractivity contribution in [1.29, 1.82) is 0 Å². The Balaban J connectivity index is 1.54. The van der Waals surface area contributed by atoms with E-state index in [0.717, 1.165) is 16.3 Å². The first-order valence-corrected chi connectivity index (χ1v) is 12.2. The summed E-state index contributed by atoms with van der Waals surface area (Å²) in [5.74, 6) is -3.17. The van der Waals surface area contributed by atoms with Crippen LogP contribution in [0, 0.1) is 11.8 Å². The third-order valence-electron chi connectivity index (χ3n) is 7.35. The molecule has 0 aliphatic heterocycles. The maximum absolute atomic E-state index is 13.8. The van der Waals surface area contributed by atoms with Gasteiger partial charge in [-0.1, -0.05) is 78.9 Å². The van der Waals surface area contributed by atoms with Crippen LogP contribution in [-0.2, 0) is 20.9 Å². The van der Waals surface area contributed by atoms with Crippen molar-refractivity contribution in [2.45, 2.75) is 18.4 Å². The van der Waals surface area contributed by atoms with Crippen molar-refractivity contribution in [2.75, 3.05) is 14.2 Å². The smallest absolute Gasteiger partial charge is 0.310 e. The lowest BCUT2D eigenvalue weighted by atomic mass is 9.52. The molecular weight excluding hydrogens is 468 g/mol. The molecule has 0 aromatic heterocycles. The summed E-state index contributed by atoms with van der Waals surface area (Å²) in [5, 5.41) is 12.4. The summed E-state index contributed by atoms with van der Waals surface area (Å²) in [4.78, 5) is 26.4. The molecule has 1 aliphatic carbocycles. The van der Waals surface area contributed by atoms with E-state index in [-0.39, 0.29) is 6.61 Å². The lowest BCUT2D eigenvalue weighted by Gasteiger charge is -2.49. The Labute approximate surface area is 215 Å². The quantitative estimate of drug-likeness (QED) is 0.311. The standard InChI is InChI=1S/C31H28O6/c1-35-24-16-7-5-14-22(24)26-28(30(32)33)27(23-15-6-8-17-25(23)36-2)29(26)31(34)37-18-20-12-9-11-19-10-3-4-13-21(19)20/h3-17,26-29H,18H2,1-2H3,(H,32,33)/t26-,27?,28?,29?/m0/s1. The second kappa shape index (κ2) is 10.3. The predicted octanol–water partition coefficient (Wildman–Crippen LogP) is 5.80. The number of hydrogen-bond acceptors (Lipinski definition) is 5. The average molecular weight is 497 g/mol. The fourth-order valence-electron chi connectivity index (χ4n) is 5.67. The van der Waals surface area contributed by atoms with Crippen molar-refractivity contribution in [2.24, 2.45) is 11.8 Å². The molecule has 0 radical (unpaired) electrons. The van der Waals surface area contributed by atoms with E-state index >= 15 is 0 Å². The van der Waals surface area contributed by atoms with Crippen LogP contribution in [0.1, 0.15) is 28.5 Å². The second-order valence-electron chi connectivity index (χ2n) is 9.17. The molecule has 0 heterocycles. The number of rotatable bonds is 8. The molecule has 1 aliphatic rings. The van der Waals surface area contributed by atoms with E-state index in [0.29, 0.717) is 22.6 Å². The Morgan fingerprint density at radius 2 is 1.24 bits per heavy atom. The number of benzene rings is 4. The third kappa shape index (κ3) is 4.40. The first-order valence-electron chi connectivity index (χ1n) is 12.2. The van der Waals surface area contributed by atoms with Gasteiger partial charge in [-0.05, 0) is 39.6 Å². The highest BCUT2D eigenvalue weighted by Gasteiger charge is 2.60. The number of aliphatic carboxylic acids is 1. The number of carboxylic acids is 1. The van der Waals surface area contributed by atoms with Gasteiger partial charge in [-0.15, -0.1) is 0 Å². The van der Waals surface area contributed by atoms with Gasteiger partial charge in [0.2, 0.25) is 0 Å². The van der Waals surface area contributed by atoms with Gasteiger partial charge < -0.3 is 19.3 Å². The van der Waals surface area contributed by atoms with Crippen LogP contribution in [-0.4, -0.2) is 31.3 Å². The number of fused-ring (bicyclic) bond motifs is 1. The van der Waals surface area contributed by atoms with Crippen molar-refractivity contribution < 1.29 is 28.9 Å². The molecule has 188 valence electrons. The molecule has 6 heteroatoms. The number of para-hydroxylation sites is 2. The molecule has 6 nitrogen and oxygen atoms in total. The van der Waals surface area contributed by atoms with Gasteiger partial charge in [0.1, 0.15) is 18.1 Å². The summed E-state index contributed by atoms with van der Waals surface area (Å²) in [5.41, 5.74) is 2.24. The Hall–Kier alpha value is -4.32. The van der Waals surface area contributed by atoms with Crippen LogP contribution in [0.15, 0.2) is 91.0 Å². The minimum Gasteiger partial charge on any atom is -0.496 e. The number of carboxylic acid groups (broad SMARTS) is 1. The summed E-state index contributed by atoms with van der Waals surface area (Å²) in [6.45, 7) is 0.0890. The van der Waals surface area contributed by atoms with Crippen LogP contribution in [0.3, 0.4) is 0 Å². The molecule has 4 aromatic carbocycles. The van der Waals surface area contributed by atoms with Gasteiger partial charge in [-0.25, -0.2) is 0 Å². The van der Waals surface area contributed by atoms with Gasteiger partial charge in [-0.2, -0.15) is 0 Å². The molecule has 37 heavy (non-hydrogen) atoms. The van der Waals surface area contributed by atoms with Crippen LogP contribution < -0.4 is 9.47 Å². The molecule has 1 saturated carbocycles. The van der Waals surface area contributed by atoms with Crippen LogP contribution in [0.25, 0.3) is 10.8 Å². The second-order valence-corrected chi connectivity index (χ2v) is 9.17. The van der Waals surface area contributed by atoms with E-state index in [1.54, 1.807) is 26.4 Å². The zero-order valence-electron chi connectivity index (χ0n) is 20.7. The summed E-state index contributed by atoms with van der Waals surface area (Å²) in [7, 11) is 3.08. The highest BCUT2D eigenvalue weighted by atomic mass is 16.5. The highest BCUT2D eigenvalue weighted by molar-refractivity contribution is 5.87. The van der Waals surface area contributed by atoms with E-state index < -0.39 is 35.6 Å². The highest BCUT2D eigenvalue weighted by Crippen LogP contribution is 2.60. The van der Waals surface area contributed by atoms with E-state index in [4.69, 9.17) is 14.2 Å². The number of ether oxygens (including phenoxy) is 3. The van der Waals surface area contributed by atoms with Crippen LogP contribution in [0.5, 0.6) is 11.5 Å². The summed E-state index contributed by atoms with van der Waals surface area (Å²) in [6.07, 6.45) is 0. The topological polar surface area (TPSA) is 82.1 Å². The van der Waals surface area contributed by atoms with Gasteiger partial charge in [0.05, 0.1) is 26.1 Å². The molecule has 0 saturated heterocycles. The van der Waals surface area contributed by atoms with E-state index in [1.807, 2.05) is 78.9 Å². The third-order valence-corrected chi connectivity index (χ3v) is 7.35. The van der Waals surface area contributed by atoms with Crippen LogP contribution >= 0.6 is 0 Å². The number of methoxy groups -OCH3 is 2. The molecule has 3 unspecified atom stereocenters. The van der Waals surface area contributed by atoms with Gasteiger partial charge in [0.15, 0.2) is 0 Å². The normalized spacial score (nSPS) is 20.6. The Morgan fingerprint density at radius 1 is 0.703 bits per heavy atom. The van der Waals surface area contributed by atoms with Gasteiger partial charge in [-0.3, -0.25) is 9.59 Å². The predicted molar refractivity (Wildman–Crippen MR) is 140 cm³/mol. The Morgan fingerprint density at radius 3 is 1.84 bits per heavy atom. The molecule has 5 rings (SSSR count). The van der Waals surface area contributed by atoms with E-state index in [9.17, 15) is 14.7 Å². The molecule has 0 spiro atoms. The first-order chi connectivity index (χ1) is 18.0. The molecule has 4 atom stereocenters. The summed E-state index contributed by atoms with van der Waals surface area (Å²) < 4.78 is 17.0. The largest absolute Gasteiger partial charge is 0.496 e. The minimum atomic E-state index is -0.982. The fourth-order valence-corrected chi connectivity index (χ4v) is 5.67. The lowest BCUT2D eigenvalue weighted by Crippen LogP contribution is -2.51. The average Bonchev–Trinajstić information content (AvgIpc) is 2.91. The molecule has 0 amide bonds. The Bertz CT molecular complexity index is 1380. The van der Waals surface area contributed by atoms with E-state index in [2.05, 4.69) is 0 Å². The zero-order valence-corrected chi connectivity index (χ0v) is 20.7. The summed E-state index contributed by atoms with van der Waals surface area (Å²) >= 11 is 0. The molecule has 1 N–H and O–H groups in total. The number of hydrogen-bond donors (Lipinski definition) is 1. The van der Waals surface area contributed by atoms with Gasteiger partial charge in [0, 0.05) is 11.8 Å². The van der Waals surface area contributed by atoms with Crippen LogP contribution in [0.4, 0.5) is 0 Å². The van der Waals surface area contributed by atoms with Crippen molar-refractivity contribution in [3.05, 3.63) is 108 Å². The van der Waals surface area contributed by atoms with Crippen LogP contribution in [0.2, 0.25) is 0 Å². The minimum absolute atomic E-state index is 0.0890. The number of esters is 1. The molecule has 1 fully saturated rings. The van der Waals surface area contributed by atoms with Crippen molar-refractivity contribution in [3.63, 3.8) is 0 Å². The number of carbonyl (C=O) groups excluding carboxylic acids is 1. The molecular formula is C31H28O6. The molecule has 0 bridgehead atoms. The number of carbonyl (C=O) groups is 2. The molecule has 4 aromatic rings.